The summed E-state index contributed by atoms with van der Waals surface area (Å²) in [4.78, 5) is 0.211. The van der Waals surface area contributed by atoms with E-state index in [4.69, 9.17) is 9.66 Å². The summed E-state index contributed by atoms with van der Waals surface area (Å²) in [5, 5.41) is 8.73. The Hall–Kier alpha value is 0.120. The molecule has 0 saturated heterocycles. The van der Waals surface area contributed by atoms with Crippen molar-refractivity contribution < 1.29 is 18.1 Å². The minimum atomic E-state index is -2.30. The molecule has 0 saturated carbocycles. The molecule has 0 rings (SSSR count). The molecule has 10 heavy (non-hydrogen) atoms. The molecule has 0 amide bonds. The molecule has 0 aromatic heterocycles. The maximum absolute atomic E-state index is 9.87. The van der Waals surface area contributed by atoms with Crippen molar-refractivity contribution in [3.8, 4) is 0 Å². The first kappa shape index (κ1) is 10.1. The van der Waals surface area contributed by atoms with Crippen LogP contribution < -0.4 is 0 Å². The van der Waals surface area contributed by atoms with Crippen LogP contribution in [0, 0.1) is 0 Å². The van der Waals surface area contributed by atoms with Gasteiger partial charge in [-0.1, -0.05) is 12.2 Å². The van der Waals surface area contributed by atoms with Gasteiger partial charge in [0.25, 0.3) is 0 Å². The van der Waals surface area contributed by atoms with Gasteiger partial charge in [0.2, 0.25) is 0 Å². The zero-order valence-electron chi connectivity index (χ0n) is 5.31. The molecule has 2 unspecified atom stereocenters. The van der Waals surface area contributed by atoms with E-state index in [2.05, 4.69) is 16.4 Å². The molecule has 0 heterocycles. The first-order valence-electron chi connectivity index (χ1n) is 2.49. The molecule has 0 fully saturated rings. The molecule has 0 spiro atoms. The van der Waals surface area contributed by atoms with Crippen molar-refractivity contribution in [2.24, 2.45) is 0 Å². The van der Waals surface area contributed by atoms with Gasteiger partial charge in [-0.15, -0.1) is 0 Å². The quantitative estimate of drug-likeness (QED) is 0.471. The van der Waals surface area contributed by atoms with Crippen molar-refractivity contribution in [3.63, 3.8) is 0 Å². The van der Waals surface area contributed by atoms with Crippen LogP contribution in [0.2, 0.25) is 0 Å². The van der Waals surface area contributed by atoms with E-state index in [0.29, 0.717) is 0 Å². The number of aliphatic hydroxyl groups excluding tert-OH is 1. The lowest BCUT2D eigenvalue weighted by molar-refractivity contribution is 0.253. The van der Waals surface area contributed by atoms with Crippen LogP contribution >= 0.6 is 12.2 Å². The molecular formula is C4H8O4S2. The van der Waals surface area contributed by atoms with Crippen molar-refractivity contribution >= 4 is 28.4 Å². The number of rotatable bonds is 4. The van der Waals surface area contributed by atoms with E-state index in [1.165, 1.54) is 6.92 Å². The number of hydrogen-bond donors (Lipinski definition) is 2. The van der Waals surface area contributed by atoms with E-state index >= 15 is 0 Å². The summed E-state index contributed by atoms with van der Waals surface area (Å²) in [6.07, 6.45) is -0.779. The van der Waals surface area contributed by atoms with Gasteiger partial charge in [-0.2, -0.15) is 4.21 Å². The fraction of sp³-hybridized carbons (Fsp3) is 0.750. The zero-order valence-corrected chi connectivity index (χ0v) is 6.94. The van der Waals surface area contributed by atoms with E-state index < -0.39 is 17.5 Å². The Morgan fingerprint density at radius 2 is 2.40 bits per heavy atom. The Labute approximate surface area is 66.7 Å². The third kappa shape index (κ3) is 4.95. The molecule has 0 aromatic carbocycles. The fourth-order valence-corrected chi connectivity index (χ4v) is 0.590. The summed E-state index contributed by atoms with van der Waals surface area (Å²) in [7, 11) is 0. The average Bonchev–Trinajstić information content (AvgIpc) is 1.82. The average molecular weight is 184 g/mol. The maximum Gasteiger partial charge on any atom is 0.302 e. The Balaban J connectivity index is 3.50. The highest BCUT2D eigenvalue weighted by Crippen LogP contribution is 1.90. The van der Waals surface area contributed by atoms with Crippen LogP contribution in [0.4, 0.5) is 0 Å². The third-order valence-electron chi connectivity index (χ3n) is 0.768. The summed E-state index contributed by atoms with van der Waals surface area (Å²) in [6, 6.07) is 0. The van der Waals surface area contributed by atoms with Crippen LogP contribution in [0.3, 0.4) is 0 Å². The second kappa shape index (κ2) is 4.86. The molecule has 0 aromatic rings. The summed E-state index contributed by atoms with van der Waals surface area (Å²) in [5.74, 6) is 0. The topological polar surface area (TPSA) is 66.8 Å². The molecule has 0 aliphatic rings. The standard InChI is InChI=1S/C4H8O4S2/c1-3(5)4(9)2-8-10(6)7/h3,5H,2H2,1H3,(H,6,7). The van der Waals surface area contributed by atoms with Crippen molar-refractivity contribution in [1.82, 2.24) is 0 Å². The third-order valence-corrected chi connectivity index (χ3v) is 1.55. The van der Waals surface area contributed by atoms with Crippen LogP contribution in [0.5, 0.6) is 0 Å². The minimum absolute atomic E-state index is 0.171. The van der Waals surface area contributed by atoms with Crippen molar-refractivity contribution in [2.45, 2.75) is 13.0 Å². The molecule has 2 atom stereocenters. The van der Waals surface area contributed by atoms with Gasteiger partial charge in [-0.3, -0.25) is 8.74 Å². The molecule has 0 aliphatic heterocycles. The number of thiocarbonyl (C=S) groups is 1. The predicted molar refractivity (Wildman–Crippen MR) is 41.0 cm³/mol. The zero-order chi connectivity index (χ0) is 8.15. The lowest BCUT2D eigenvalue weighted by Gasteiger charge is -2.03. The Morgan fingerprint density at radius 3 is 2.70 bits per heavy atom. The van der Waals surface area contributed by atoms with Crippen molar-refractivity contribution in [2.75, 3.05) is 6.61 Å². The predicted octanol–water partition coefficient (Wildman–Crippen LogP) is -0.110. The van der Waals surface area contributed by atoms with Crippen LogP contribution in [0.1, 0.15) is 6.92 Å². The van der Waals surface area contributed by atoms with Gasteiger partial charge in [-0.05, 0) is 6.92 Å². The monoisotopic (exact) mass is 184 g/mol. The first-order valence-corrected chi connectivity index (χ1v) is 3.93. The lowest BCUT2D eigenvalue weighted by atomic mass is 10.3. The van der Waals surface area contributed by atoms with Crippen molar-refractivity contribution in [3.05, 3.63) is 0 Å². The van der Waals surface area contributed by atoms with Gasteiger partial charge in [0.1, 0.15) is 6.61 Å². The molecule has 2 N–H and O–H groups in total. The van der Waals surface area contributed by atoms with E-state index in [0.717, 1.165) is 0 Å². The van der Waals surface area contributed by atoms with Gasteiger partial charge in [0, 0.05) is 4.86 Å². The van der Waals surface area contributed by atoms with Crippen molar-refractivity contribution in [1.29, 1.82) is 0 Å². The molecular weight excluding hydrogens is 176 g/mol. The van der Waals surface area contributed by atoms with E-state index in [1.54, 1.807) is 0 Å². The highest BCUT2D eigenvalue weighted by Gasteiger charge is 2.05. The lowest BCUT2D eigenvalue weighted by Crippen LogP contribution is -2.19. The number of aliphatic hydroxyl groups is 1. The molecule has 0 radical (unpaired) electrons. The molecule has 0 aliphatic carbocycles. The van der Waals surface area contributed by atoms with Crippen LogP contribution in [-0.4, -0.2) is 31.4 Å². The molecule has 6 heteroatoms. The summed E-state index contributed by atoms with van der Waals surface area (Å²) >= 11 is 2.27. The van der Waals surface area contributed by atoms with Crippen LogP contribution in [-0.2, 0) is 15.5 Å². The van der Waals surface area contributed by atoms with Gasteiger partial charge in [-0.25, -0.2) is 0 Å². The maximum atomic E-state index is 9.87. The summed E-state index contributed by atoms with van der Waals surface area (Å²) in [6.45, 7) is 1.29. The minimum Gasteiger partial charge on any atom is -0.388 e. The Morgan fingerprint density at radius 1 is 1.90 bits per heavy atom. The summed E-state index contributed by atoms with van der Waals surface area (Å²) in [5.41, 5.74) is 0. The SMILES string of the molecule is CC(O)C(=S)COS(=O)O. The van der Waals surface area contributed by atoms with Gasteiger partial charge >= 0.3 is 11.4 Å². The summed E-state index contributed by atoms with van der Waals surface area (Å²) < 4.78 is 22.2. The fourth-order valence-electron chi connectivity index (χ4n) is 0.229. The van der Waals surface area contributed by atoms with E-state index in [1.807, 2.05) is 0 Å². The van der Waals surface area contributed by atoms with E-state index in [-0.39, 0.29) is 11.5 Å². The van der Waals surface area contributed by atoms with Gasteiger partial charge in [0.05, 0.1) is 6.10 Å². The van der Waals surface area contributed by atoms with E-state index in [9.17, 15) is 4.21 Å². The largest absolute Gasteiger partial charge is 0.388 e. The number of hydrogen-bond acceptors (Lipinski definition) is 4. The smallest absolute Gasteiger partial charge is 0.302 e. The Bertz CT molecular complexity index is 144. The first-order chi connectivity index (χ1) is 4.54. The molecule has 4 nitrogen and oxygen atoms in total. The Kier molecular flexibility index (Phi) is 4.92. The second-order valence-corrected chi connectivity index (χ2v) is 2.82. The highest BCUT2D eigenvalue weighted by atomic mass is 32.2. The highest BCUT2D eigenvalue weighted by molar-refractivity contribution is 7.80. The second-order valence-electron chi connectivity index (χ2n) is 1.62. The normalized spacial score (nSPS) is 16.3. The molecule has 60 valence electrons. The molecule has 0 bridgehead atoms. The van der Waals surface area contributed by atoms with Gasteiger partial charge < -0.3 is 5.11 Å². The van der Waals surface area contributed by atoms with Gasteiger partial charge in [0.15, 0.2) is 0 Å². The van der Waals surface area contributed by atoms with Crippen LogP contribution in [0.25, 0.3) is 0 Å². The van der Waals surface area contributed by atoms with Crippen LogP contribution in [0.15, 0.2) is 0 Å².